The lowest BCUT2D eigenvalue weighted by atomic mass is 10.1. The molecule has 0 saturated heterocycles. The minimum Gasteiger partial charge on any atom is -0.396 e. The Kier molecular flexibility index (Phi) is 23.3. The first-order valence-electron chi connectivity index (χ1n) is 7.05. The summed E-state index contributed by atoms with van der Waals surface area (Å²) in [5.41, 5.74) is 0. The maximum atomic E-state index is 8.42. The van der Waals surface area contributed by atoms with Gasteiger partial charge >= 0.3 is 0 Å². The highest BCUT2D eigenvalue weighted by molar-refractivity contribution is 4.41. The van der Waals surface area contributed by atoms with Gasteiger partial charge in [-0.2, -0.15) is 0 Å². The maximum Gasteiger partial charge on any atom is 0.0431 e. The van der Waals surface area contributed by atoms with E-state index in [2.05, 4.69) is 13.8 Å². The van der Waals surface area contributed by atoms with E-state index in [0.717, 1.165) is 12.8 Å². The largest absolute Gasteiger partial charge is 0.396 e. The third kappa shape index (κ3) is 23.6. The summed E-state index contributed by atoms with van der Waals surface area (Å²) in [6.07, 6.45) is 12.2. The van der Waals surface area contributed by atoms with Crippen molar-refractivity contribution >= 4 is 0 Å². The van der Waals surface area contributed by atoms with Crippen molar-refractivity contribution in [3.05, 3.63) is 0 Å². The average Bonchev–Trinajstić information content (AvgIpc) is 2.31. The zero-order chi connectivity index (χ0) is 12.5. The molecule has 0 aromatic heterocycles. The summed E-state index contributed by atoms with van der Waals surface area (Å²) < 4.78 is 0. The van der Waals surface area contributed by atoms with Crippen LogP contribution in [0.15, 0.2) is 0 Å². The lowest BCUT2D eigenvalue weighted by molar-refractivity contribution is 0.282. The molecule has 0 aromatic rings. The summed E-state index contributed by atoms with van der Waals surface area (Å²) in [4.78, 5) is 0. The number of hydrogen-bond donors (Lipinski definition) is 2. The molecule has 0 unspecified atom stereocenters. The molecule has 0 atom stereocenters. The van der Waals surface area contributed by atoms with Crippen LogP contribution in [-0.4, -0.2) is 23.4 Å². The van der Waals surface area contributed by atoms with Crippen molar-refractivity contribution in [2.45, 2.75) is 78.1 Å². The first kappa shape index (κ1) is 18.3. The molecule has 0 radical (unpaired) electrons. The van der Waals surface area contributed by atoms with Crippen LogP contribution in [0.25, 0.3) is 0 Å². The van der Waals surface area contributed by atoms with E-state index >= 15 is 0 Å². The molecular formula is C14H32O2. The summed E-state index contributed by atoms with van der Waals surface area (Å²) in [5, 5.41) is 16.7. The summed E-state index contributed by atoms with van der Waals surface area (Å²) in [6, 6.07) is 0. The summed E-state index contributed by atoms with van der Waals surface area (Å²) in [5.74, 6) is 0. The average molecular weight is 232 g/mol. The van der Waals surface area contributed by atoms with E-state index in [4.69, 9.17) is 10.2 Å². The van der Waals surface area contributed by atoms with Crippen LogP contribution in [0.2, 0.25) is 0 Å². The van der Waals surface area contributed by atoms with Crippen molar-refractivity contribution in [2.24, 2.45) is 0 Å². The van der Waals surface area contributed by atoms with Gasteiger partial charge < -0.3 is 10.2 Å². The number of aliphatic hydroxyl groups is 2. The molecule has 0 saturated carbocycles. The Bertz CT molecular complexity index is 84.7. The fourth-order valence-corrected chi connectivity index (χ4v) is 1.43. The van der Waals surface area contributed by atoms with E-state index in [9.17, 15) is 0 Å². The van der Waals surface area contributed by atoms with Crippen molar-refractivity contribution in [2.75, 3.05) is 13.2 Å². The van der Waals surface area contributed by atoms with Gasteiger partial charge in [0.1, 0.15) is 0 Å². The number of hydrogen-bond acceptors (Lipinski definition) is 2. The lowest BCUT2D eigenvalue weighted by Crippen LogP contribution is -1.82. The van der Waals surface area contributed by atoms with Crippen LogP contribution < -0.4 is 0 Å². The molecule has 0 aliphatic rings. The van der Waals surface area contributed by atoms with Crippen molar-refractivity contribution in [1.29, 1.82) is 0 Å². The Morgan fingerprint density at radius 2 is 0.812 bits per heavy atom. The summed E-state index contributed by atoms with van der Waals surface area (Å²) in [6.45, 7) is 5.11. The van der Waals surface area contributed by atoms with Crippen LogP contribution in [0.1, 0.15) is 78.1 Å². The molecule has 0 rings (SSSR count). The standard InChI is InChI=1S/C8H18O.C6H14O/c1-2-3-4-5-6-7-8-9;1-2-3-4-5-6-7/h9H,2-8H2,1H3;7H,2-6H2,1H3. The van der Waals surface area contributed by atoms with Gasteiger partial charge in [-0.1, -0.05) is 65.2 Å². The van der Waals surface area contributed by atoms with Gasteiger partial charge in [0.15, 0.2) is 0 Å². The van der Waals surface area contributed by atoms with Crippen molar-refractivity contribution in [3.63, 3.8) is 0 Å². The third-order valence-electron chi connectivity index (χ3n) is 2.52. The van der Waals surface area contributed by atoms with Crippen LogP contribution >= 0.6 is 0 Å². The van der Waals surface area contributed by atoms with Crippen LogP contribution in [0, 0.1) is 0 Å². The molecular weight excluding hydrogens is 200 g/mol. The first-order chi connectivity index (χ1) is 7.83. The summed E-state index contributed by atoms with van der Waals surface area (Å²) in [7, 11) is 0. The van der Waals surface area contributed by atoms with Crippen LogP contribution in [0.5, 0.6) is 0 Å². The highest BCUT2D eigenvalue weighted by atomic mass is 16.3. The van der Waals surface area contributed by atoms with E-state index in [0.29, 0.717) is 13.2 Å². The predicted molar refractivity (Wildman–Crippen MR) is 71.7 cm³/mol. The van der Waals surface area contributed by atoms with Gasteiger partial charge in [0.05, 0.1) is 0 Å². The Hall–Kier alpha value is -0.0800. The highest BCUT2D eigenvalue weighted by Crippen LogP contribution is 2.03. The van der Waals surface area contributed by atoms with Crippen LogP contribution in [0.4, 0.5) is 0 Å². The highest BCUT2D eigenvalue weighted by Gasteiger charge is 1.86. The monoisotopic (exact) mass is 232 g/mol. The minimum atomic E-state index is 0.361. The van der Waals surface area contributed by atoms with Gasteiger partial charge in [-0.25, -0.2) is 0 Å². The first-order valence-corrected chi connectivity index (χ1v) is 7.05. The van der Waals surface area contributed by atoms with Gasteiger partial charge in [0.25, 0.3) is 0 Å². The van der Waals surface area contributed by atoms with Crippen molar-refractivity contribution in [1.82, 2.24) is 0 Å². The van der Waals surface area contributed by atoms with Crippen LogP contribution in [-0.2, 0) is 0 Å². The molecule has 0 bridgehead atoms. The summed E-state index contributed by atoms with van der Waals surface area (Å²) >= 11 is 0. The molecule has 2 heteroatoms. The number of rotatable bonds is 10. The second-order valence-corrected chi connectivity index (χ2v) is 4.28. The van der Waals surface area contributed by atoms with E-state index in [1.54, 1.807) is 0 Å². The fraction of sp³-hybridized carbons (Fsp3) is 1.00. The Morgan fingerprint density at radius 1 is 0.500 bits per heavy atom. The molecule has 0 heterocycles. The SMILES string of the molecule is CCCCCCCCO.CCCCCCO. The second-order valence-electron chi connectivity index (χ2n) is 4.28. The third-order valence-corrected chi connectivity index (χ3v) is 2.52. The molecule has 100 valence electrons. The Labute approximate surface area is 102 Å². The van der Waals surface area contributed by atoms with E-state index in [-0.39, 0.29) is 0 Å². The normalized spacial score (nSPS) is 9.75. The predicted octanol–water partition coefficient (Wildman–Crippen LogP) is 3.90. The zero-order valence-corrected chi connectivity index (χ0v) is 11.4. The molecule has 0 aliphatic heterocycles. The molecule has 2 nitrogen and oxygen atoms in total. The van der Waals surface area contributed by atoms with Gasteiger partial charge in [-0.15, -0.1) is 0 Å². The molecule has 16 heavy (non-hydrogen) atoms. The molecule has 2 N–H and O–H groups in total. The molecule has 0 aliphatic carbocycles. The Morgan fingerprint density at radius 3 is 1.19 bits per heavy atom. The van der Waals surface area contributed by atoms with Gasteiger partial charge in [0.2, 0.25) is 0 Å². The van der Waals surface area contributed by atoms with Gasteiger partial charge in [-0.3, -0.25) is 0 Å². The van der Waals surface area contributed by atoms with Gasteiger partial charge in [0, 0.05) is 13.2 Å². The molecule has 0 fully saturated rings. The van der Waals surface area contributed by atoms with E-state index < -0.39 is 0 Å². The Balaban J connectivity index is 0. The maximum absolute atomic E-state index is 8.42. The molecule has 0 amide bonds. The molecule has 0 spiro atoms. The second kappa shape index (κ2) is 20.3. The minimum absolute atomic E-state index is 0.361. The van der Waals surface area contributed by atoms with E-state index in [1.165, 1.54) is 51.4 Å². The number of aliphatic hydroxyl groups excluding tert-OH is 2. The quantitative estimate of drug-likeness (QED) is 0.561. The smallest absolute Gasteiger partial charge is 0.0431 e. The zero-order valence-electron chi connectivity index (χ0n) is 11.4. The fourth-order valence-electron chi connectivity index (χ4n) is 1.43. The van der Waals surface area contributed by atoms with Crippen molar-refractivity contribution < 1.29 is 10.2 Å². The van der Waals surface area contributed by atoms with Crippen LogP contribution in [0.3, 0.4) is 0 Å². The molecule has 0 aromatic carbocycles. The van der Waals surface area contributed by atoms with Gasteiger partial charge in [-0.05, 0) is 12.8 Å². The van der Waals surface area contributed by atoms with E-state index in [1.807, 2.05) is 0 Å². The lowest BCUT2D eigenvalue weighted by Gasteiger charge is -1.95. The van der Waals surface area contributed by atoms with Crippen molar-refractivity contribution in [3.8, 4) is 0 Å². The number of unbranched alkanes of at least 4 members (excludes halogenated alkanes) is 8. The topological polar surface area (TPSA) is 40.5 Å².